The van der Waals surface area contributed by atoms with Crippen molar-refractivity contribution >= 4 is 21.6 Å². The third kappa shape index (κ3) is 6.22. The maximum absolute atomic E-state index is 13.6. The lowest BCUT2D eigenvalue weighted by Crippen LogP contribution is -2.41. The van der Waals surface area contributed by atoms with Gasteiger partial charge < -0.3 is 10.1 Å². The van der Waals surface area contributed by atoms with Gasteiger partial charge in [-0.25, -0.2) is 8.42 Å². The molecule has 0 fully saturated rings. The van der Waals surface area contributed by atoms with Crippen LogP contribution < -0.4 is 14.4 Å². The van der Waals surface area contributed by atoms with Gasteiger partial charge in [0.1, 0.15) is 12.3 Å². The molecule has 7 heteroatoms. The smallest absolute Gasteiger partial charge is 0.264 e. The monoisotopic (exact) mass is 494 g/mol. The van der Waals surface area contributed by atoms with Crippen LogP contribution >= 0.6 is 0 Å². The highest BCUT2D eigenvalue weighted by Crippen LogP contribution is 2.33. The minimum absolute atomic E-state index is 0.0319. The fourth-order valence-corrected chi connectivity index (χ4v) is 5.23. The second-order valence-corrected chi connectivity index (χ2v) is 11.5. The van der Waals surface area contributed by atoms with Crippen molar-refractivity contribution in [3.8, 4) is 5.75 Å². The summed E-state index contributed by atoms with van der Waals surface area (Å²) < 4.78 is 33.8. The number of methoxy groups -OCH3 is 1. The number of nitrogens with zero attached hydrogens (tertiary/aromatic N) is 1. The second kappa shape index (κ2) is 10.5. The molecule has 0 spiro atoms. The molecule has 0 heterocycles. The molecular formula is C28H34N2O4S. The number of anilines is 1. The van der Waals surface area contributed by atoms with Crippen LogP contribution in [0, 0.1) is 6.92 Å². The van der Waals surface area contributed by atoms with Gasteiger partial charge in [0.25, 0.3) is 10.0 Å². The number of hydrogen-bond donors (Lipinski definition) is 1. The maximum Gasteiger partial charge on any atom is 0.264 e. The van der Waals surface area contributed by atoms with Gasteiger partial charge in [-0.05, 0) is 60.2 Å². The lowest BCUT2D eigenvalue weighted by atomic mass is 9.86. The number of nitrogens with one attached hydrogen (secondary N) is 1. The summed E-state index contributed by atoms with van der Waals surface area (Å²) in [6.07, 6.45) is 0. The first kappa shape index (κ1) is 26.3. The van der Waals surface area contributed by atoms with Crippen LogP contribution in [0.4, 0.5) is 5.69 Å². The zero-order valence-corrected chi connectivity index (χ0v) is 22.0. The first-order chi connectivity index (χ1) is 16.4. The summed E-state index contributed by atoms with van der Waals surface area (Å²) in [7, 11) is -2.55. The van der Waals surface area contributed by atoms with Gasteiger partial charge in [-0.2, -0.15) is 0 Å². The van der Waals surface area contributed by atoms with E-state index in [1.54, 1.807) is 30.3 Å². The summed E-state index contributed by atoms with van der Waals surface area (Å²) in [5.41, 5.74) is 3.34. The first-order valence-corrected chi connectivity index (χ1v) is 13.0. The summed E-state index contributed by atoms with van der Waals surface area (Å²) in [4.78, 5) is 13.2. The fourth-order valence-electron chi connectivity index (χ4n) is 3.79. The van der Waals surface area contributed by atoms with Crippen LogP contribution in [0.15, 0.2) is 77.7 Å². The average molecular weight is 495 g/mol. The highest BCUT2D eigenvalue weighted by molar-refractivity contribution is 7.92. The van der Waals surface area contributed by atoms with E-state index in [-0.39, 0.29) is 22.9 Å². The summed E-state index contributed by atoms with van der Waals surface area (Å²) in [6.45, 7) is 9.80. The maximum atomic E-state index is 13.6. The number of rotatable bonds is 8. The molecule has 3 aromatic rings. The summed E-state index contributed by atoms with van der Waals surface area (Å²) >= 11 is 0. The van der Waals surface area contributed by atoms with Crippen molar-refractivity contribution in [3.05, 3.63) is 89.5 Å². The molecule has 1 amide bonds. The zero-order chi connectivity index (χ0) is 25.8. The Morgan fingerprint density at radius 3 is 2.20 bits per heavy atom. The van der Waals surface area contributed by atoms with Crippen molar-refractivity contribution in [2.24, 2.45) is 0 Å². The zero-order valence-electron chi connectivity index (χ0n) is 21.2. The highest BCUT2D eigenvalue weighted by atomic mass is 32.2. The average Bonchev–Trinajstić information content (AvgIpc) is 2.82. The van der Waals surface area contributed by atoms with Crippen LogP contribution in [0.1, 0.15) is 50.4 Å². The van der Waals surface area contributed by atoms with Crippen LogP contribution in [0.25, 0.3) is 0 Å². The highest BCUT2D eigenvalue weighted by Gasteiger charge is 2.30. The van der Waals surface area contributed by atoms with Gasteiger partial charge in [0.15, 0.2) is 0 Å². The Hall–Kier alpha value is -3.32. The Kier molecular flexibility index (Phi) is 7.90. The Labute approximate surface area is 209 Å². The third-order valence-electron chi connectivity index (χ3n) is 5.88. The molecule has 0 radical (unpaired) electrons. The molecule has 6 nitrogen and oxygen atoms in total. The molecule has 3 aromatic carbocycles. The summed E-state index contributed by atoms with van der Waals surface area (Å²) in [6, 6.07) is 21.1. The van der Waals surface area contributed by atoms with E-state index in [0.29, 0.717) is 11.4 Å². The quantitative estimate of drug-likeness (QED) is 0.457. The van der Waals surface area contributed by atoms with E-state index in [1.807, 2.05) is 32.0 Å². The number of benzene rings is 3. The van der Waals surface area contributed by atoms with Crippen molar-refractivity contribution in [1.29, 1.82) is 0 Å². The molecule has 0 saturated carbocycles. The number of ether oxygens (including phenoxy) is 1. The fraction of sp³-hybridized carbons (Fsp3) is 0.321. The standard InChI is InChI=1S/C28H34N2O4S/c1-20-12-17-26(34-6)25(18-20)30(35(32,33)24-10-8-7-9-11-24)19-27(31)29-21(2)22-13-15-23(16-14-22)28(3,4)5/h7-18,21H,19H2,1-6H3,(H,29,31)/t21-/m0/s1. The van der Waals surface area contributed by atoms with Crippen molar-refractivity contribution in [1.82, 2.24) is 5.32 Å². The van der Waals surface area contributed by atoms with E-state index in [4.69, 9.17) is 4.74 Å². The lowest BCUT2D eigenvalue weighted by molar-refractivity contribution is -0.120. The Balaban J connectivity index is 1.91. The lowest BCUT2D eigenvalue weighted by Gasteiger charge is -2.27. The number of hydrogen-bond acceptors (Lipinski definition) is 4. The van der Waals surface area contributed by atoms with Crippen LogP contribution in [0.2, 0.25) is 0 Å². The topological polar surface area (TPSA) is 75.7 Å². The molecule has 0 aromatic heterocycles. The normalized spacial score (nSPS) is 12.6. The molecule has 35 heavy (non-hydrogen) atoms. The Morgan fingerprint density at radius 1 is 1.00 bits per heavy atom. The summed E-state index contributed by atoms with van der Waals surface area (Å²) in [5, 5.41) is 2.94. The van der Waals surface area contributed by atoms with Gasteiger partial charge in [-0.1, -0.05) is 69.3 Å². The first-order valence-electron chi connectivity index (χ1n) is 11.6. The van der Waals surface area contributed by atoms with Crippen molar-refractivity contribution in [3.63, 3.8) is 0 Å². The van der Waals surface area contributed by atoms with E-state index < -0.39 is 15.9 Å². The number of carbonyl (C=O) groups excluding carboxylic acids is 1. The van der Waals surface area contributed by atoms with Crippen molar-refractivity contribution in [2.45, 2.75) is 51.0 Å². The largest absolute Gasteiger partial charge is 0.495 e. The Bertz CT molecular complexity index is 1260. The van der Waals surface area contributed by atoms with Crippen LogP contribution in [0.5, 0.6) is 5.75 Å². The third-order valence-corrected chi connectivity index (χ3v) is 7.65. The van der Waals surface area contributed by atoms with Crippen LogP contribution in [-0.2, 0) is 20.2 Å². The SMILES string of the molecule is COc1ccc(C)cc1N(CC(=O)N[C@@H](C)c1ccc(C(C)(C)C)cc1)S(=O)(=O)c1ccccc1. The predicted octanol–water partition coefficient (Wildman–Crippen LogP) is 5.37. The van der Waals surface area contributed by atoms with Gasteiger partial charge in [0.05, 0.1) is 23.7 Å². The Morgan fingerprint density at radius 2 is 1.63 bits per heavy atom. The summed E-state index contributed by atoms with van der Waals surface area (Å²) in [5.74, 6) is -0.0470. The van der Waals surface area contributed by atoms with Crippen molar-refractivity contribution < 1.29 is 17.9 Å². The second-order valence-electron chi connectivity index (χ2n) is 9.66. The van der Waals surface area contributed by atoms with E-state index in [9.17, 15) is 13.2 Å². The van der Waals surface area contributed by atoms with Crippen molar-refractivity contribution in [2.75, 3.05) is 18.0 Å². The molecule has 1 N–H and O–H groups in total. The molecule has 0 saturated heterocycles. The van der Waals surface area contributed by atoms with Gasteiger partial charge >= 0.3 is 0 Å². The van der Waals surface area contributed by atoms with E-state index in [0.717, 1.165) is 15.4 Å². The van der Waals surface area contributed by atoms with Gasteiger partial charge in [0, 0.05) is 0 Å². The molecule has 3 rings (SSSR count). The van der Waals surface area contributed by atoms with Gasteiger partial charge in [0.2, 0.25) is 5.91 Å². The number of amides is 1. The van der Waals surface area contributed by atoms with E-state index in [1.165, 1.54) is 24.8 Å². The molecule has 0 aliphatic rings. The molecular weight excluding hydrogens is 460 g/mol. The van der Waals surface area contributed by atoms with Crippen LogP contribution in [0.3, 0.4) is 0 Å². The minimum atomic E-state index is -4.03. The predicted molar refractivity (Wildman–Crippen MR) is 140 cm³/mol. The number of sulfonamides is 1. The van der Waals surface area contributed by atoms with Crippen LogP contribution in [-0.4, -0.2) is 28.0 Å². The molecule has 0 aliphatic heterocycles. The van der Waals surface area contributed by atoms with E-state index >= 15 is 0 Å². The molecule has 1 atom stereocenters. The van der Waals surface area contributed by atoms with Gasteiger partial charge in [-0.15, -0.1) is 0 Å². The molecule has 0 bridgehead atoms. The minimum Gasteiger partial charge on any atom is -0.495 e. The molecule has 186 valence electrons. The molecule has 0 unspecified atom stereocenters. The van der Waals surface area contributed by atoms with Gasteiger partial charge in [-0.3, -0.25) is 9.10 Å². The number of aryl methyl sites for hydroxylation is 1. The van der Waals surface area contributed by atoms with E-state index in [2.05, 4.69) is 38.2 Å². The number of carbonyl (C=O) groups is 1. The molecule has 0 aliphatic carbocycles.